The first-order valence-corrected chi connectivity index (χ1v) is 18.8. The molecule has 0 aliphatic heterocycles. The molecule has 4 aromatic carbocycles. The van der Waals surface area contributed by atoms with Gasteiger partial charge in [0.05, 0.1) is 29.1 Å². The predicted molar refractivity (Wildman–Crippen MR) is 211 cm³/mol. The minimum absolute atomic E-state index is 0.0167. The molecule has 3 atom stereocenters. The van der Waals surface area contributed by atoms with Gasteiger partial charge in [-0.3, -0.25) is 14.4 Å². The summed E-state index contributed by atoms with van der Waals surface area (Å²) in [4.78, 5) is 35.3. The van der Waals surface area contributed by atoms with Crippen molar-refractivity contribution in [1.29, 1.82) is 0 Å². The van der Waals surface area contributed by atoms with E-state index in [9.17, 15) is 23.5 Å². The average molecular weight is 941 g/mol. The van der Waals surface area contributed by atoms with Gasteiger partial charge in [-0.1, -0.05) is 0 Å². The number of hydroxylamine groups is 2. The molecule has 0 saturated heterocycles. The Hall–Kier alpha value is -3.42. The van der Waals surface area contributed by atoms with Gasteiger partial charge >= 0.3 is 0 Å². The molecule has 0 radical (unpaired) electrons. The summed E-state index contributed by atoms with van der Waals surface area (Å²) in [6.07, 6.45) is 2.62. The third kappa shape index (κ3) is 11.1. The lowest BCUT2D eigenvalue weighted by Gasteiger charge is -2.23. The molecule has 0 aromatic heterocycles. The minimum Gasteiger partial charge on any atom is -0.396 e. The molecule has 2 aliphatic carbocycles. The van der Waals surface area contributed by atoms with Crippen molar-refractivity contribution < 1.29 is 38.3 Å². The Morgan fingerprint density at radius 2 is 1.27 bits per heavy atom. The quantitative estimate of drug-likeness (QED) is 0.0450. The molecule has 10 nitrogen and oxygen atoms in total. The maximum atomic E-state index is 13.7. The van der Waals surface area contributed by atoms with Gasteiger partial charge in [-0.2, -0.15) is 0 Å². The van der Waals surface area contributed by atoms with E-state index in [0.717, 1.165) is 48.9 Å². The molecule has 0 spiro atoms. The van der Waals surface area contributed by atoms with E-state index in [1.165, 1.54) is 43.3 Å². The number of aryl methyl sites for hydroxylation is 2. The molecular formula is C38H40F2I2N4O6. The van der Waals surface area contributed by atoms with Crippen molar-refractivity contribution in [2.75, 3.05) is 23.8 Å². The maximum absolute atomic E-state index is 13.7. The van der Waals surface area contributed by atoms with Gasteiger partial charge in [0.25, 0.3) is 11.8 Å². The number of carbonyl (C=O) groups excluding carboxylic acids is 2. The van der Waals surface area contributed by atoms with E-state index in [4.69, 9.17) is 14.8 Å². The number of carbonyl (C=O) groups is 2. The molecule has 52 heavy (non-hydrogen) atoms. The SMILES string of the molecule is Cc1cc(I)ccc1Nc1cc(F)ccc1C(=O)NOC(C)(O)C1CC1.Cc1cc(I)ccc1Nc1cc(F)ccc1C(=O)NOCC1CC1CO. The predicted octanol–water partition coefficient (Wildman–Crippen LogP) is 8.03. The van der Waals surface area contributed by atoms with E-state index >= 15 is 0 Å². The summed E-state index contributed by atoms with van der Waals surface area (Å²) in [5.74, 6) is -2.75. The molecule has 0 bridgehead atoms. The highest BCUT2D eigenvalue weighted by atomic mass is 127. The number of benzene rings is 4. The van der Waals surface area contributed by atoms with Gasteiger partial charge in [-0.15, -0.1) is 0 Å². The van der Waals surface area contributed by atoms with Crippen molar-refractivity contribution in [2.45, 2.75) is 45.8 Å². The molecule has 2 aliphatic rings. The van der Waals surface area contributed by atoms with Crippen LogP contribution < -0.4 is 21.6 Å². The maximum Gasteiger partial charge on any atom is 0.277 e. The first kappa shape index (κ1) is 39.8. The topological polar surface area (TPSA) is 141 Å². The molecule has 2 saturated carbocycles. The Kier molecular flexibility index (Phi) is 13.5. The number of hydrogen-bond acceptors (Lipinski definition) is 8. The van der Waals surface area contributed by atoms with Crippen molar-refractivity contribution in [2.24, 2.45) is 17.8 Å². The van der Waals surface area contributed by atoms with E-state index in [2.05, 4.69) is 66.8 Å². The summed E-state index contributed by atoms with van der Waals surface area (Å²) in [6, 6.07) is 19.4. The number of amides is 2. The van der Waals surface area contributed by atoms with Crippen LogP contribution >= 0.6 is 45.2 Å². The van der Waals surface area contributed by atoms with Crippen molar-refractivity contribution >= 4 is 79.7 Å². The van der Waals surface area contributed by atoms with Crippen molar-refractivity contribution in [1.82, 2.24) is 11.0 Å². The normalized spacial score (nSPS) is 17.2. The zero-order valence-corrected chi connectivity index (χ0v) is 33.1. The van der Waals surface area contributed by atoms with Gasteiger partial charge in [0, 0.05) is 31.0 Å². The monoisotopic (exact) mass is 940 g/mol. The average Bonchev–Trinajstić information content (AvgIpc) is 4.02. The fraction of sp³-hybridized carbons (Fsp3) is 0.316. The molecule has 2 amide bonds. The lowest BCUT2D eigenvalue weighted by Crippen LogP contribution is -2.39. The lowest BCUT2D eigenvalue weighted by atomic mass is 10.1. The van der Waals surface area contributed by atoms with Crippen LogP contribution in [0, 0.1) is 50.4 Å². The first-order valence-electron chi connectivity index (χ1n) is 16.6. The van der Waals surface area contributed by atoms with E-state index in [-0.39, 0.29) is 29.9 Å². The van der Waals surface area contributed by atoms with Crippen molar-refractivity contribution in [3.05, 3.63) is 114 Å². The Labute approximate surface area is 328 Å². The third-order valence-electron chi connectivity index (χ3n) is 8.82. The second kappa shape index (κ2) is 17.6. The molecule has 4 aromatic rings. The molecular weight excluding hydrogens is 900 g/mol. The van der Waals surface area contributed by atoms with Crippen LogP contribution in [0.4, 0.5) is 31.5 Å². The Bertz CT molecular complexity index is 1930. The van der Waals surface area contributed by atoms with Crippen LogP contribution in [-0.2, 0) is 9.68 Å². The highest BCUT2D eigenvalue weighted by Gasteiger charge is 2.42. The fourth-order valence-electron chi connectivity index (χ4n) is 5.37. The summed E-state index contributed by atoms with van der Waals surface area (Å²) in [6.45, 7) is 5.89. The standard InChI is InChI=1S/2C19H20FIN2O3/c1-11-9-14(21)6-8-16(11)22-17-10-13(20)5-7-15(17)18(24)23-26-19(2,25)12-3-4-12;1-11-6-15(21)3-5-17(11)22-18-8-14(20)2-4-16(18)19(25)23-26-10-13-7-12(13)9-24/h5-10,12,22,25H,3-4H2,1-2H3,(H,23,24);2-6,8,12-13,22,24H,7,9-10H2,1H3,(H,23,25). The third-order valence-corrected chi connectivity index (χ3v) is 10.2. The van der Waals surface area contributed by atoms with Crippen molar-refractivity contribution in [3.63, 3.8) is 0 Å². The van der Waals surface area contributed by atoms with Gasteiger partial charge in [-0.25, -0.2) is 24.6 Å². The van der Waals surface area contributed by atoms with Gasteiger partial charge < -0.3 is 20.8 Å². The van der Waals surface area contributed by atoms with E-state index < -0.39 is 29.2 Å². The smallest absolute Gasteiger partial charge is 0.277 e. The summed E-state index contributed by atoms with van der Waals surface area (Å²) < 4.78 is 29.6. The van der Waals surface area contributed by atoms with Gasteiger partial charge in [0.2, 0.25) is 0 Å². The van der Waals surface area contributed by atoms with Gasteiger partial charge in [-0.05, 0) is 181 Å². The highest BCUT2D eigenvalue weighted by Crippen LogP contribution is 2.40. The zero-order valence-electron chi connectivity index (χ0n) is 28.7. The summed E-state index contributed by atoms with van der Waals surface area (Å²) in [5, 5.41) is 25.4. The Balaban J connectivity index is 0.000000201. The van der Waals surface area contributed by atoms with E-state index in [1.807, 2.05) is 50.2 Å². The Morgan fingerprint density at radius 1 is 0.769 bits per heavy atom. The molecule has 6 N–H and O–H groups in total. The number of rotatable bonds is 13. The minimum atomic E-state index is -1.41. The van der Waals surface area contributed by atoms with Crippen LogP contribution in [0.2, 0.25) is 0 Å². The number of halogens is 4. The first-order chi connectivity index (χ1) is 24.7. The molecule has 0 heterocycles. The zero-order chi connectivity index (χ0) is 37.6. The van der Waals surface area contributed by atoms with Crippen molar-refractivity contribution in [3.8, 4) is 0 Å². The molecule has 2 fully saturated rings. The number of anilines is 4. The Morgan fingerprint density at radius 3 is 1.71 bits per heavy atom. The number of aliphatic hydroxyl groups excluding tert-OH is 1. The van der Waals surface area contributed by atoms with Crippen LogP contribution in [0.25, 0.3) is 0 Å². The number of aliphatic hydroxyl groups is 2. The molecule has 6 rings (SSSR count). The van der Waals surface area contributed by atoms with Crippen LogP contribution in [0.3, 0.4) is 0 Å². The number of hydrogen-bond donors (Lipinski definition) is 6. The van der Waals surface area contributed by atoms with Crippen LogP contribution in [-0.4, -0.2) is 41.0 Å². The summed E-state index contributed by atoms with van der Waals surface area (Å²) in [7, 11) is 0. The summed E-state index contributed by atoms with van der Waals surface area (Å²) in [5.41, 5.74) is 9.42. The van der Waals surface area contributed by atoms with Crippen LogP contribution in [0.1, 0.15) is 58.0 Å². The molecule has 3 unspecified atom stereocenters. The number of nitrogens with one attached hydrogen (secondary N) is 4. The van der Waals surface area contributed by atoms with E-state index in [0.29, 0.717) is 23.5 Å². The lowest BCUT2D eigenvalue weighted by molar-refractivity contribution is -0.230. The second-order valence-electron chi connectivity index (χ2n) is 13.1. The van der Waals surface area contributed by atoms with Gasteiger partial charge in [0.15, 0.2) is 5.79 Å². The van der Waals surface area contributed by atoms with Crippen LogP contribution in [0.5, 0.6) is 0 Å². The largest absolute Gasteiger partial charge is 0.396 e. The molecule has 14 heteroatoms. The highest BCUT2D eigenvalue weighted by molar-refractivity contribution is 14.1. The van der Waals surface area contributed by atoms with Crippen LogP contribution in [0.15, 0.2) is 72.8 Å². The summed E-state index contributed by atoms with van der Waals surface area (Å²) >= 11 is 4.43. The molecule has 276 valence electrons. The van der Waals surface area contributed by atoms with E-state index in [1.54, 1.807) is 0 Å². The van der Waals surface area contributed by atoms with Gasteiger partial charge in [0.1, 0.15) is 11.6 Å². The second-order valence-corrected chi connectivity index (χ2v) is 15.6. The fourth-order valence-corrected chi connectivity index (χ4v) is 6.67.